The van der Waals surface area contributed by atoms with E-state index < -0.39 is 25.9 Å². The number of hydrogen-bond acceptors (Lipinski definition) is 5. The summed E-state index contributed by atoms with van der Waals surface area (Å²) in [4.78, 5) is -0.0707. The Bertz CT molecular complexity index is 779. The lowest BCUT2D eigenvalue weighted by Gasteiger charge is -2.26. The summed E-state index contributed by atoms with van der Waals surface area (Å²) in [6, 6.07) is 7.26. The third kappa shape index (κ3) is 3.10. The Labute approximate surface area is 125 Å². The third-order valence-corrected chi connectivity index (χ3v) is 7.36. The maximum absolute atomic E-state index is 12.7. The maximum Gasteiger partial charge on any atom is 0.244 e. The van der Waals surface area contributed by atoms with E-state index in [-0.39, 0.29) is 28.5 Å². The van der Waals surface area contributed by atoms with Gasteiger partial charge in [0.25, 0.3) is 0 Å². The molecule has 1 aliphatic rings. The lowest BCUT2D eigenvalue weighted by atomic mass is 10.2. The molecule has 6 nitrogen and oxygen atoms in total. The van der Waals surface area contributed by atoms with Crippen LogP contribution in [0.15, 0.2) is 29.2 Å². The van der Waals surface area contributed by atoms with Crippen LogP contribution in [0.25, 0.3) is 0 Å². The van der Waals surface area contributed by atoms with E-state index in [9.17, 15) is 16.8 Å². The van der Waals surface area contributed by atoms with E-state index in [1.807, 2.05) is 6.07 Å². The minimum absolute atomic E-state index is 0.00356. The van der Waals surface area contributed by atoms with Gasteiger partial charge in [-0.3, -0.25) is 0 Å². The number of sulfone groups is 1. The molecule has 8 heteroatoms. The van der Waals surface area contributed by atoms with Gasteiger partial charge in [-0.25, -0.2) is 16.8 Å². The first-order valence-corrected chi connectivity index (χ1v) is 9.79. The molecule has 1 saturated heterocycles. The molecule has 114 valence electrons. The summed E-state index contributed by atoms with van der Waals surface area (Å²) in [5.41, 5.74) is 0.0665. The summed E-state index contributed by atoms with van der Waals surface area (Å²) in [5.74, 6) is -0.154. The Kier molecular flexibility index (Phi) is 4.37. The monoisotopic (exact) mass is 328 g/mol. The van der Waals surface area contributed by atoms with E-state index in [1.165, 1.54) is 16.4 Å². The molecule has 1 atom stereocenters. The molecule has 0 radical (unpaired) electrons. The largest absolute Gasteiger partial charge is 0.244 e. The van der Waals surface area contributed by atoms with Crippen molar-refractivity contribution in [1.82, 2.24) is 4.31 Å². The topological polar surface area (TPSA) is 95.3 Å². The van der Waals surface area contributed by atoms with Crippen molar-refractivity contribution >= 4 is 19.9 Å². The highest BCUT2D eigenvalue weighted by molar-refractivity contribution is 7.92. The van der Waals surface area contributed by atoms with Gasteiger partial charge in [0.15, 0.2) is 9.84 Å². The highest BCUT2D eigenvalue weighted by Crippen LogP contribution is 2.26. The van der Waals surface area contributed by atoms with E-state index in [2.05, 4.69) is 0 Å². The molecule has 1 fully saturated rings. The molecule has 0 bridgehead atoms. The predicted molar refractivity (Wildman–Crippen MR) is 77.8 cm³/mol. The predicted octanol–water partition coefficient (Wildman–Crippen LogP) is 0.756. The second-order valence-corrected chi connectivity index (χ2v) is 8.96. The fourth-order valence-electron chi connectivity index (χ4n) is 2.54. The van der Waals surface area contributed by atoms with Gasteiger partial charge in [-0.05, 0) is 18.6 Å². The Hall–Kier alpha value is -1.43. The molecule has 0 amide bonds. The fourth-order valence-corrected chi connectivity index (χ4v) is 6.17. The van der Waals surface area contributed by atoms with Gasteiger partial charge in [0.05, 0.1) is 22.0 Å². The van der Waals surface area contributed by atoms with Crippen LogP contribution in [0, 0.1) is 11.3 Å². The first-order chi connectivity index (χ1) is 9.81. The van der Waals surface area contributed by atoms with Crippen molar-refractivity contribution in [3.05, 3.63) is 29.8 Å². The molecule has 0 N–H and O–H groups in total. The smallest absolute Gasteiger partial charge is 0.229 e. The molecule has 0 saturated carbocycles. The number of nitriles is 1. The standard InChI is InChI=1S/C13H16N2O4S2/c1-2-15(12-7-8-20(16,17)10-12)21(18,19)13-6-4-3-5-11(13)9-14/h3-6,12H,2,7-8,10H2,1H3. The first kappa shape index (κ1) is 15.9. The average Bonchev–Trinajstić information content (AvgIpc) is 2.79. The number of sulfonamides is 1. The van der Waals surface area contributed by atoms with Crippen LogP contribution in [0.2, 0.25) is 0 Å². The zero-order valence-corrected chi connectivity index (χ0v) is 13.2. The van der Waals surface area contributed by atoms with E-state index >= 15 is 0 Å². The third-order valence-electron chi connectivity index (χ3n) is 3.52. The van der Waals surface area contributed by atoms with E-state index in [0.29, 0.717) is 6.42 Å². The minimum Gasteiger partial charge on any atom is -0.229 e. The van der Waals surface area contributed by atoms with Gasteiger partial charge in [0.1, 0.15) is 6.07 Å². The normalized spacial score (nSPS) is 21.3. The molecular formula is C13H16N2O4S2. The SMILES string of the molecule is CCN(C1CCS(=O)(=O)C1)S(=O)(=O)c1ccccc1C#N. The van der Waals surface area contributed by atoms with Crippen molar-refractivity contribution in [2.45, 2.75) is 24.3 Å². The van der Waals surface area contributed by atoms with Crippen LogP contribution in [-0.4, -0.2) is 45.2 Å². The van der Waals surface area contributed by atoms with E-state index in [0.717, 1.165) is 0 Å². The van der Waals surface area contributed by atoms with E-state index in [1.54, 1.807) is 19.1 Å². The lowest BCUT2D eigenvalue weighted by Crippen LogP contribution is -2.41. The maximum atomic E-state index is 12.7. The van der Waals surface area contributed by atoms with Crippen molar-refractivity contribution in [2.24, 2.45) is 0 Å². The van der Waals surface area contributed by atoms with Gasteiger partial charge in [0.2, 0.25) is 10.0 Å². The average molecular weight is 328 g/mol. The van der Waals surface area contributed by atoms with Crippen molar-refractivity contribution in [1.29, 1.82) is 5.26 Å². The molecule has 0 aliphatic carbocycles. The van der Waals surface area contributed by atoms with Crippen LogP contribution in [0.3, 0.4) is 0 Å². The zero-order valence-electron chi connectivity index (χ0n) is 11.6. The summed E-state index contributed by atoms with van der Waals surface area (Å²) < 4.78 is 49.8. The second-order valence-electron chi connectivity index (χ2n) is 4.87. The van der Waals surface area contributed by atoms with Crippen LogP contribution >= 0.6 is 0 Å². The molecule has 1 aromatic carbocycles. The molecule has 1 unspecified atom stereocenters. The molecule has 1 aromatic rings. The minimum atomic E-state index is -3.88. The van der Waals surface area contributed by atoms with Gasteiger partial charge < -0.3 is 0 Å². The molecular weight excluding hydrogens is 312 g/mol. The summed E-state index contributed by atoms with van der Waals surface area (Å²) in [6.07, 6.45) is 0.296. The van der Waals surface area contributed by atoms with Crippen molar-refractivity contribution in [2.75, 3.05) is 18.1 Å². The number of benzene rings is 1. The summed E-state index contributed by atoms with van der Waals surface area (Å²) in [6.45, 7) is 1.83. The number of nitrogens with zero attached hydrogens (tertiary/aromatic N) is 2. The molecule has 2 rings (SSSR count). The Balaban J connectivity index is 2.44. The fraction of sp³-hybridized carbons (Fsp3) is 0.462. The molecule has 1 heterocycles. The van der Waals surface area contributed by atoms with E-state index in [4.69, 9.17) is 5.26 Å². The summed E-state index contributed by atoms with van der Waals surface area (Å²) in [7, 11) is -7.06. The van der Waals surface area contributed by atoms with Crippen LogP contribution < -0.4 is 0 Å². The van der Waals surface area contributed by atoms with Crippen molar-refractivity contribution in [3.63, 3.8) is 0 Å². The molecule has 0 spiro atoms. The highest BCUT2D eigenvalue weighted by Gasteiger charge is 2.38. The van der Waals surface area contributed by atoms with Gasteiger partial charge in [-0.1, -0.05) is 19.1 Å². The Morgan fingerprint density at radius 1 is 1.38 bits per heavy atom. The Morgan fingerprint density at radius 3 is 2.57 bits per heavy atom. The second kappa shape index (κ2) is 5.75. The quantitative estimate of drug-likeness (QED) is 0.813. The first-order valence-electron chi connectivity index (χ1n) is 6.53. The van der Waals surface area contributed by atoms with Gasteiger partial charge in [-0.2, -0.15) is 9.57 Å². The van der Waals surface area contributed by atoms with Gasteiger partial charge in [-0.15, -0.1) is 0 Å². The zero-order chi connectivity index (χ0) is 15.7. The van der Waals surface area contributed by atoms with Crippen LogP contribution in [0.4, 0.5) is 0 Å². The van der Waals surface area contributed by atoms with Gasteiger partial charge in [0, 0.05) is 12.6 Å². The lowest BCUT2D eigenvalue weighted by molar-refractivity contribution is 0.354. The molecule has 1 aliphatic heterocycles. The van der Waals surface area contributed by atoms with Crippen LogP contribution in [0.5, 0.6) is 0 Å². The number of hydrogen-bond donors (Lipinski definition) is 0. The highest BCUT2D eigenvalue weighted by atomic mass is 32.2. The summed E-state index contributed by atoms with van der Waals surface area (Å²) in [5, 5.41) is 9.06. The van der Waals surface area contributed by atoms with Gasteiger partial charge >= 0.3 is 0 Å². The number of rotatable bonds is 4. The van der Waals surface area contributed by atoms with Crippen LogP contribution in [0.1, 0.15) is 18.9 Å². The summed E-state index contributed by atoms with van der Waals surface area (Å²) >= 11 is 0. The van der Waals surface area contributed by atoms with Crippen LogP contribution in [-0.2, 0) is 19.9 Å². The van der Waals surface area contributed by atoms with Crippen molar-refractivity contribution in [3.8, 4) is 6.07 Å². The molecule has 0 aromatic heterocycles. The van der Waals surface area contributed by atoms with Crippen molar-refractivity contribution < 1.29 is 16.8 Å². The molecule has 21 heavy (non-hydrogen) atoms. The Morgan fingerprint density at radius 2 is 2.05 bits per heavy atom.